The minimum atomic E-state index is -1.45. The second kappa shape index (κ2) is 9.80. The van der Waals surface area contributed by atoms with Gasteiger partial charge in [0.1, 0.15) is 30.5 Å². The minimum absolute atomic E-state index is 0.254. The molecule has 1 heterocycles. The molecule has 1 aliphatic rings. The zero-order valence-electron chi connectivity index (χ0n) is 16.6. The summed E-state index contributed by atoms with van der Waals surface area (Å²) in [5.74, 6) is 0. The Kier molecular flexibility index (Phi) is 7.40. The van der Waals surface area contributed by atoms with Gasteiger partial charge in [0.05, 0.1) is 13.2 Å². The molecule has 1 saturated heterocycles. The first-order valence-corrected chi connectivity index (χ1v) is 10.1. The number of ether oxygens (including phenoxy) is 1. The van der Waals surface area contributed by atoms with Crippen molar-refractivity contribution < 1.29 is 30.3 Å². The normalized spacial score (nSPS) is 27.2. The molecule has 0 amide bonds. The van der Waals surface area contributed by atoms with Crippen LogP contribution in [0.25, 0.3) is 0 Å². The standard InChI is InChI=1S/C23H30O6/c1-2-3-14-4-6-15(7-5-14)10-16-8-9-17(12-24)18(11-16)23-22(28)21(27)20(26)19(13-25)29-23/h4-9,11,19-28H,2-3,10,12-13H2,1H3/t19-,20-,21+,22-,23+/m1/s1. The fraction of sp³-hybridized carbons (Fsp3) is 0.478. The zero-order chi connectivity index (χ0) is 21.0. The highest BCUT2D eigenvalue weighted by Gasteiger charge is 2.44. The molecule has 6 nitrogen and oxygen atoms in total. The summed E-state index contributed by atoms with van der Waals surface area (Å²) in [5.41, 5.74) is 4.52. The monoisotopic (exact) mass is 402 g/mol. The Hall–Kier alpha value is -1.80. The number of aliphatic hydroxyl groups excluding tert-OH is 5. The third-order valence-corrected chi connectivity index (χ3v) is 5.55. The van der Waals surface area contributed by atoms with Crippen LogP contribution in [0.5, 0.6) is 0 Å². The lowest BCUT2D eigenvalue weighted by Crippen LogP contribution is -2.55. The van der Waals surface area contributed by atoms with E-state index in [0.717, 1.165) is 24.0 Å². The van der Waals surface area contributed by atoms with E-state index in [-0.39, 0.29) is 6.61 Å². The molecule has 1 aliphatic heterocycles. The molecule has 2 aromatic carbocycles. The van der Waals surface area contributed by atoms with Crippen molar-refractivity contribution in [2.75, 3.05) is 6.61 Å². The van der Waals surface area contributed by atoms with E-state index in [0.29, 0.717) is 17.5 Å². The van der Waals surface area contributed by atoms with Crippen molar-refractivity contribution >= 4 is 0 Å². The Balaban J connectivity index is 1.86. The summed E-state index contributed by atoms with van der Waals surface area (Å²) < 4.78 is 5.69. The fourth-order valence-electron chi connectivity index (χ4n) is 3.87. The summed E-state index contributed by atoms with van der Waals surface area (Å²) >= 11 is 0. The Bertz CT molecular complexity index is 788. The van der Waals surface area contributed by atoms with Crippen LogP contribution in [0.4, 0.5) is 0 Å². The van der Waals surface area contributed by atoms with Gasteiger partial charge in [0.25, 0.3) is 0 Å². The van der Waals surface area contributed by atoms with Gasteiger partial charge in [0, 0.05) is 0 Å². The van der Waals surface area contributed by atoms with Crippen molar-refractivity contribution in [3.63, 3.8) is 0 Å². The van der Waals surface area contributed by atoms with E-state index >= 15 is 0 Å². The highest BCUT2D eigenvalue weighted by atomic mass is 16.5. The van der Waals surface area contributed by atoms with E-state index in [1.54, 1.807) is 6.07 Å². The number of hydrogen-bond donors (Lipinski definition) is 5. The summed E-state index contributed by atoms with van der Waals surface area (Å²) in [6.45, 7) is 1.41. The molecule has 5 atom stereocenters. The summed E-state index contributed by atoms with van der Waals surface area (Å²) in [7, 11) is 0. The molecule has 5 N–H and O–H groups in total. The second-order valence-electron chi connectivity index (χ2n) is 7.68. The molecule has 3 rings (SSSR count). The maximum atomic E-state index is 10.5. The molecule has 0 aromatic heterocycles. The third-order valence-electron chi connectivity index (χ3n) is 5.55. The van der Waals surface area contributed by atoms with Crippen LogP contribution in [0.1, 0.15) is 47.3 Å². The molecule has 0 saturated carbocycles. The van der Waals surface area contributed by atoms with Gasteiger partial charge in [0.15, 0.2) is 0 Å². The lowest BCUT2D eigenvalue weighted by atomic mass is 9.88. The van der Waals surface area contributed by atoms with Crippen LogP contribution in [0.3, 0.4) is 0 Å². The Morgan fingerprint density at radius 3 is 2.10 bits per heavy atom. The summed E-state index contributed by atoms with van der Waals surface area (Å²) in [6.07, 6.45) is -3.36. The predicted molar refractivity (Wildman–Crippen MR) is 108 cm³/mol. The van der Waals surface area contributed by atoms with Gasteiger partial charge in [-0.05, 0) is 40.7 Å². The Morgan fingerprint density at radius 1 is 0.828 bits per heavy atom. The SMILES string of the molecule is CCCc1ccc(Cc2ccc(CO)c([C@@H]3O[C@H](CO)[C@@H](O)[C@H](O)[C@H]3O)c2)cc1. The number of aliphatic hydroxyl groups is 5. The fourth-order valence-corrected chi connectivity index (χ4v) is 3.87. The Labute approximate surface area is 171 Å². The van der Waals surface area contributed by atoms with E-state index in [9.17, 15) is 25.5 Å². The van der Waals surface area contributed by atoms with Crippen molar-refractivity contribution in [2.24, 2.45) is 0 Å². The average molecular weight is 402 g/mol. The van der Waals surface area contributed by atoms with Crippen molar-refractivity contribution in [3.05, 3.63) is 70.3 Å². The van der Waals surface area contributed by atoms with E-state index in [4.69, 9.17) is 4.74 Å². The van der Waals surface area contributed by atoms with Crippen LogP contribution in [0, 0.1) is 0 Å². The van der Waals surface area contributed by atoms with Gasteiger partial charge >= 0.3 is 0 Å². The van der Waals surface area contributed by atoms with Crippen molar-refractivity contribution in [1.29, 1.82) is 0 Å². The highest BCUT2D eigenvalue weighted by molar-refractivity contribution is 5.37. The van der Waals surface area contributed by atoms with Gasteiger partial charge in [-0.3, -0.25) is 0 Å². The molecular formula is C23H30O6. The molecule has 0 aliphatic carbocycles. The molecule has 0 radical (unpaired) electrons. The zero-order valence-corrected chi connectivity index (χ0v) is 16.6. The van der Waals surface area contributed by atoms with E-state index in [2.05, 4.69) is 31.2 Å². The van der Waals surface area contributed by atoms with Gasteiger partial charge in [-0.15, -0.1) is 0 Å². The lowest BCUT2D eigenvalue weighted by Gasteiger charge is -2.40. The first kappa shape index (κ1) is 21.9. The van der Waals surface area contributed by atoms with Crippen molar-refractivity contribution in [1.82, 2.24) is 0 Å². The average Bonchev–Trinajstić information content (AvgIpc) is 2.74. The molecule has 6 heteroatoms. The third kappa shape index (κ3) is 4.86. The maximum absolute atomic E-state index is 10.5. The second-order valence-corrected chi connectivity index (χ2v) is 7.68. The maximum Gasteiger partial charge on any atom is 0.113 e. The van der Waals surface area contributed by atoms with Gasteiger partial charge in [0.2, 0.25) is 0 Å². The lowest BCUT2D eigenvalue weighted by molar-refractivity contribution is -0.232. The van der Waals surface area contributed by atoms with Gasteiger partial charge in [-0.25, -0.2) is 0 Å². The minimum Gasteiger partial charge on any atom is -0.394 e. The first-order chi connectivity index (χ1) is 14.0. The molecule has 0 unspecified atom stereocenters. The van der Waals surface area contributed by atoms with E-state index < -0.39 is 37.1 Å². The molecule has 158 valence electrons. The van der Waals surface area contributed by atoms with Gasteiger partial charge in [-0.1, -0.05) is 55.8 Å². The van der Waals surface area contributed by atoms with Crippen LogP contribution < -0.4 is 0 Å². The molecule has 1 fully saturated rings. The summed E-state index contributed by atoms with van der Waals surface area (Å²) in [4.78, 5) is 0. The van der Waals surface area contributed by atoms with Crippen LogP contribution in [0.2, 0.25) is 0 Å². The highest BCUT2D eigenvalue weighted by Crippen LogP contribution is 2.35. The number of hydrogen-bond acceptors (Lipinski definition) is 6. The Morgan fingerprint density at radius 2 is 1.48 bits per heavy atom. The van der Waals surface area contributed by atoms with E-state index in [1.165, 1.54) is 5.56 Å². The van der Waals surface area contributed by atoms with E-state index in [1.807, 2.05) is 12.1 Å². The van der Waals surface area contributed by atoms with Crippen molar-refractivity contribution in [3.8, 4) is 0 Å². The van der Waals surface area contributed by atoms with Gasteiger partial charge in [-0.2, -0.15) is 0 Å². The van der Waals surface area contributed by atoms with Crippen LogP contribution >= 0.6 is 0 Å². The smallest absolute Gasteiger partial charge is 0.113 e. The summed E-state index contributed by atoms with van der Waals surface area (Å²) in [6, 6.07) is 14.0. The van der Waals surface area contributed by atoms with Gasteiger partial charge < -0.3 is 30.3 Å². The quantitative estimate of drug-likeness (QED) is 0.477. The molecule has 0 spiro atoms. The van der Waals surface area contributed by atoms with Crippen molar-refractivity contribution in [2.45, 2.75) is 63.3 Å². The number of aryl methyl sites for hydroxylation is 1. The number of rotatable bonds is 7. The summed E-state index contributed by atoms with van der Waals surface area (Å²) in [5, 5.41) is 49.8. The largest absolute Gasteiger partial charge is 0.394 e. The molecular weight excluding hydrogens is 372 g/mol. The van der Waals surface area contributed by atoms with Crippen LogP contribution in [0.15, 0.2) is 42.5 Å². The topological polar surface area (TPSA) is 110 Å². The molecule has 29 heavy (non-hydrogen) atoms. The first-order valence-electron chi connectivity index (χ1n) is 10.1. The van der Waals surface area contributed by atoms with Crippen LogP contribution in [-0.2, 0) is 24.2 Å². The molecule has 0 bridgehead atoms. The van der Waals surface area contributed by atoms with Crippen LogP contribution in [-0.4, -0.2) is 56.6 Å². The predicted octanol–water partition coefficient (Wildman–Crippen LogP) is 1.24. The number of benzene rings is 2. The molecule has 2 aromatic rings.